The van der Waals surface area contributed by atoms with Crippen LogP contribution in [-0.2, 0) is 4.79 Å². The van der Waals surface area contributed by atoms with Gasteiger partial charge in [0.15, 0.2) is 0 Å². The van der Waals surface area contributed by atoms with Crippen molar-refractivity contribution in [3.63, 3.8) is 0 Å². The number of rotatable bonds is 6. The minimum atomic E-state index is 0.138. The lowest BCUT2D eigenvalue weighted by Crippen LogP contribution is -2.37. The van der Waals surface area contributed by atoms with Crippen LogP contribution in [0.5, 0.6) is 0 Å². The van der Waals surface area contributed by atoms with E-state index >= 15 is 0 Å². The number of hydrogen-bond donors (Lipinski definition) is 1. The van der Waals surface area contributed by atoms with Crippen LogP contribution >= 0.6 is 0 Å². The number of carbonyl (C=O) groups excluding carboxylic acids is 1. The van der Waals surface area contributed by atoms with E-state index < -0.39 is 0 Å². The molecule has 0 aliphatic heterocycles. The molecule has 0 fully saturated rings. The molecule has 70 valence electrons. The molecule has 1 N–H and O–H groups in total. The third-order valence-corrected chi connectivity index (χ3v) is 1.52. The SMILES string of the molecule is C=CCN(CCC)C(=O)CNC. The molecule has 0 aliphatic carbocycles. The summed E-state index contributed by atoms with van der Waals surface area (Å²) in [5.74, 6) is 0.138. The van der Waals surface area contributed by atoms with E-state index in [1.54, 1.807) is 18.0 Å². The Bertz CT molecular complexity index is 145. The van der Waals surface area contributed by atoms with Crippen LogP contribution in [0.1, 0.15) is 13.3 Å². The zero-order valence-corrected chi connectivity index (χ0v) is 7.97. The van der Waals surface area contributed by atoms with Crippen molar-refractivity contribution in [1.29, 1.82) is 0 Å². The summed E-state index contributed by atoms with van der Waals surface area (Å²) in [6, 6.07) is 0. The molecule has 12 heavy (non-hydrogen) atoms. The Kier molecular flexibility index (Phi) is 6.38. The fourth-order valence-corrected chi connectivity index (χ4v) is 1.01. The van der Waals surface area contributed by atoms with Crippen molar-refractivity contribution in [2.45, 2.75) is 13.3 Å². The highest BCUT2D eigenvalue weighted by Crippen LogP contribution is 1.92. The van der Waals surface area contributed by atoms with Gasteiger partial charge >= 0.3 is 0 Å². The molecule has 0 atom stereocenters. The topological polar surface area (TPSA) is 32.3 Å². The third-order valence-electron chi connectivity index (χ3n) is 1.52. The Morgan fingerprint density at radius 3 is 2.75 bits per heavy atom. The average Bonchev–Trinajstić information content (AvgIpc) is 2.04. The molecule has 0 aromatic rings. The van der Waals surface area contributed by atoms with Crippen LogP contribution < -0.4 is 5.32 Å². The van der Waals surface area contributed by atoms with Crippen LogP contribution in [-0.4, -0.2) is 37.5 Å². The molecule has 0 saturated carbocycles. The largest absolute Gasteiger partial charge is 0.338 e. The first-order valence-corrected chi connectivity index (χ1v) is 4.29. The molecule has 3 nitrogen and oxygen atoms in total. The van der Waals surface area contributed by atoms with Crippen molar-refractivity contribution in [1.82, 2.24) is 10.2 Å². The van der Waals surface area contributed by atoms with Gasteiger partial charge in [-0.05, 0) is 13.5 Å². The van der Waals surface area contributed by atoms with E-state index in [0.29, 0.717) is 13.1 Å². The maximum atomic E-state index is 11.3. The minimum absolute atomic E-state index is 0.138. The smallest absolute Gasteiger partial charge is 0.236 e. The fourth-order valence-electron chi connectivity index (χ4n) is 1.01. The summed E-state index contributed by atoms with van der Waals surface area (Å²) in [7, 11) is 1.77. The van der Waals surface area contributed by atoms with Gasteiger partial charge in [-0.2, -0.15) is 0 Å². The van der Waals surface area contributed by atoms with Crippen LogP contribution in [0.4, 0.5) is 0 Å². The normalized spacial score (nSPS) is 9.50. The van der Waals surface area contributed by atoms with E-state index in [2.05, 4.69) is 18.8 Å². The predicted molar refractivity (Wildman–Crippen MR) is 51.0 cm³/mol. The first-order valence-electron chi connectivity index (χ1n) is 4.29. The summed E-state index contributed by atoms with van der Waals surface area (Å²) in [6.07, 6.45) is 2.74. The number of nitrogens with zero attached hydrogens (tertiary/aromatic N) is 1. The minimum Gasteiger partial charge on any atom is -0.338 e. The van der Waals surface area contributed by atoms with Gasteiger partial charge in [-0.25, -0.2) is 0 Å². The van der Waals surface area contributed by atoms with E-state index in [9.17, 15) is 4.79 Å². The van der Waals surface area contributed by atoms with E-state index in [1.165, 1.54) is 0 Å². The second-order valence-electron chi connectivity index (χ2n) is 2.66. The third kappa shape index (κ3) is 4.13. The molecule has 0 unspecified atom stereocenters. The van der Waals surface area contributed by atoms with Crippen molar-refractivity contribution in [3.05, 3.63) is 12.7 Å². The van der Waals surface area contributed by atoms with Crippen molar-refractivity contribution < 1.29 is 4.79 Å². The lowest BCUT2D eigenvalue weighted by atomic mass is 10.3. The predicted octanol–water partition coefficient (Wildman–Crippen LogP) is 0.630. The molecular weight excluding hydrogens is 152 g/mol. The molecule has 0 heterocycles. The molecule has 0 aromatic heterocycles. The van der Waals surface area contributed by atoms with Gasteiger partial charge in [-0.15, -0.1) is 6.58 Å². The monoisotopic (exact) mass is 170 g/mol. The molecule has 1 amide bonds. The van der Waals surface area contributed by atoms with Crippen LogP contribution in [0, 0.1) is 0 Å². The zero-order chi connectivity index (χ0) is 9.40. The standard InChI is InChI=1S/C9H18N2O/c1-4-6-11(7-5-2)9(12)8-10-3/h4,10H,1,5-8H2,2-3H3. The second kappa shape index (κ2) is 6.85. The van der Waals surface area contributed by atoms with Crippen molar-refractivity contribution >= 4 is 5.91 Å². The fraction of sp³-hybridized carbons (Fsp3) is 0.667. The molecule has 0 aromatic carbocycles. The summed E-state index contributed by atoms with van der Waals surface area (Å²) < 4.78 is 0. The lowest BCUT2D eigenvalue weighted by molar-refractivity contribution is -0.129. The second-order valence-corrected chi connectivity index (χ2v) is 2.66. The highest BCUT2D eigenvalue weighted by molar-refractivity contribution is 5.78. The van der Waals surface area contributed by atoms with E-state index in [1.807, 2.05) is 0 Å². The number of hydrogen-bond acceptors (Lipinski definition) is 2. The summed E-state index contributed by atoms with van der Waals surface area (Å²) >= 11 is 0. The first-order chi connectivity index (χ1) is 5.76. The van der Waals surface area contributed by atoms with Crippen LogP contribution in [0.3, 0.4) is 0 Å². The summed E-state index contributed by atoms with van der Waals surface area (Å²) in [6.45, 7) is 7.54. The summed E-state index contributed by atoms with van der Waals surface area (Å²) in [5, 5.41) is 2.84. The van der Waals surface area contributed by atoms with Crippen LogP contribution in [0.25, 0.3) is 0 Å². The molecule has 0 radical (unpaired) electrons. The van der Waals surface area contributed by atoms with Gasteiger partial charge in [0, 0.05) is 13.1 Å². The Balaban J connectivity index is 3.89. The van der Waals surface area contributed by atoms with Gasteiger partial charge in [0.25, 0.3) is 0 Å². The van der Waals surface area contributed by atoms with Crippen molar-refractivity contribution in [2.24, 2.45) is 0 Å². The summed E-state index contributed by atoms with van der Waals surface area (Å²) in [5.41, 5.74) is 0. The van der Waals surface area contributed by atoms with Gasteiger partial charge in [0.1, 0.15) is 0 Å². The molecule has 0 saturated heterocycles. The zero-order valence-electron chi connectivity index (χ0n) is 7.97. The van der Waals surface area contributed by atoms with Crippen LogP contribution in [0.15, 0.2) is 12.7 Å². The van der Waals surface area contributed by atoms with E-state index in [4.69, 9.17) is 0 Å². The number of carbonyl (C=O) groups is 1. The summed E-state index contributed by atoms with van der Waals surface area (Å²) in [4.78, 5) is 13.1. The Morgan fingerprint density at radius 2 is 2.33 bits per heavy atom. The molecule has 0 rings (SSSR count). The van der Waals surface area contributed by atoms with Gasteiger partial charge < -0.3 is 10.2 Å². The average molecular weight is 170 g/mol. The maximum absolute atomic E-state index is 11.3. The van der Waals surface area contributed by atoms with Gasteiger partial charge in [0.05, 0.1) is 6.54 Å². The molecule has 0 spiro atoms. The van der Waals surface area contributed by atoms with Gasteiger partial charge in [-0.1, -0.05) is 13.0 Å². The Morgan fingerprint density at radius 1 is 1.67 bits per heavy atom. The maximum Gasteiger partial charge on any atom is 0.236 e. The molecule has 0 aliphatic rings. The highest BCUT2D eigenvalue weighted by atomic mass is 16.2. The van der Waals surface area contributed by atoms with E-state index in [-0.39, 0.29) is 5.91 Å². The molecular formula is C9H18N2O. The highest BCUT2D eigenvalue weighted by Gasteiger charge is 2.08. The quantitative estimate of drug-likeness (QED) is 0.593. The van der Waals surface area contributed by atoms with Crippen LogP contribution in [0.2, 0.25) is 0 Å². The van der Waals surface area contributed by atoms with Gasteiger partial charge in [-0.3, -0.25) is 4.79 Å². The van der Waals surface area contributed by atoms with E-state index in [0.717, 1.165) is 13.0 Å². The van der Waals surface area contributed by atoms with Gasteiger partial charge in [0.2, 0.25) is 5.91 Å². The number of likely N-dealkylation sites (N-methyl/N-ethyl adjacent to an activating group) is 1. The molecule has 3 heteroatoms. The Hall–Kier alpha value is -0.830. The van der Waals surface area contributed by atoms with Crippen molar-refractivity contribution in [2.75, 3.05) is 26.7 Å². The first kappa shape index (κ1) is 11.2. The Labute approximate surface area is 74.4 Å². The lowest BCUT2D eigenvalue weighted by Gasteiger charge is -2.19. The number of amides is 1. The number of nitrogens with one attached hydrogen (secondary N) is 1. The molecule has 0 bridgehead atoms. The van der Waals surface area contributed by atoms with Crippen molar-refractivity contribution in [3.8, 4) is 0 Å².